The zero-order chi connectivity index (χ0) is 21.7. The molecule has 0 amide bonds. The number of non-ortho nitro benzene ring substituents is 1. The van der Waals surface area contributed by atoms with Gasteiger partial charge in [0.2, 0.25) is 0 Å². The minimum absolute atomic E-state index is 0.124. The summed E-state index contributed by atoms with van der Waals surface area (Å²) in [6.45, 7) is 5.13. The van der Waals surface area contributed by atoms with Crippen molar-refractivity contribution >= 4 is 11.7 Å². The van der Waals surface area contributed by atoms with Crippen molar-refractivity contribution in [3.05, 3.63) is 124 Å². The molecule has 0 fully saturated rings. The molecule has 0 radical (unpaired) electrons. The maximum absolute atomic E-state index is 14.8. The first-order valence-corrected chi connectivity index (χ1v) is 9.25. The molecule has 0 bridgehead atoms. The molecule has 5 nitrogen and oxygen atoms in total. The molecule has 3 rings (SSSR count). The van der Waals surface area contributed by atoms with E-state index in [1.807, 2.05) is 12.1 Å². The van der Waals surface area contributed by atoms with Gasteiger partial charge in [-0.05, 0) is 30.2 Å². The van der Waals surface area contributed by atoms with Crippen molar-refractivity contribution in [3.8, 4) is 0 Å². The summed E-state index contributed by atoms with van der Waals surface area (Å²) in [5.41, 5.74) is -0.232. The van der Waals surface area contributed by atoms with Gasteiger partial charge in [0.05, 0.1) is 16.4 Å². The smallest absolute Gasteiger partial charge is 0.339 e. The van der Waals surface area contributed by atoms with Crippen LogP contribution in [0.1, 0.15) is 34.3 Å². The van der Waals surface area contributed by atoms with Gasteiger partial charge in [-0.2, -0.15) is 0 Å². The molecule has 0 aromatic heterocycles. The number of rotatable bonds is 7. The Balaban J connectivity index is 2.05. The maximum atomic E-state index is 14.8. The van der Waals surface area contributed by atoms with Crippen LogP contribution in [-0.2, 0) is 10.3 Å². The lowest BCUT2D eigenvalue weighted by atomic mass is 9.77. The summed E-state index contributed by atoms with van der Waals surface area (Å²) in [6.07, 6.45) is 0. The average molecular weight is 405 g/mol. The molecule has 152 valence electrons. The topological polar surface area (TPSA) is 69.4 Å². The van der Waals surface area contributed by atoms with Gasteiger partial charge in [0.1, 0.15) is 11.4 Å². The van der Waals surface area contributed by atoms with Crippen LogP contribution in [0.3, 0.4) is 0 Å². The molecule has 6 heteroatoms. The third-order valence-corrected chi connectivity index (χ3v) is 4.96. The standard InChI is InChI=1S/C24H20FNO4/c1-17(25)22(18-9-5-3-6-10-18)24(2,20-11-7-4-8-12-20)30-23(27)19-13-15-21(16-14-19)26(28)29/h3-16,22H,1H2,2H3/t22-,24-/m1/s1. The van der Waals surface area contributed by atoms with Gasteiger partial charge in [0.15, 0.2) is 0 Å². The van der Waals surface area contributed by atoms with Gasteiger partial charge in [-0.15, -0.1) is 0 Å². The monoisotopic (exact) mass is 405 g/mol. The van der Waals surface area contributed by atoms with Crippen molar-refractivity contribution in [2.45, 2.75) is 18.4 Å². The predicted octanol–water partition coefficient (Wildman–Crippen LogP) is 5.93. The van der Waals surface area contributed by atoms with Gasteiger partial charge in [-0.25, -0.2) is 9.18 Å². The molecule has 0 heterocycles. The Bertz CT molecular complexity index is 1050. The third kappa shape index (κ3) is 4.27. The molecule has 0 aliphatic rings. The normalized spacial score (nSPS) is 13.7. The van der Waals surface area contributed by atoms with Gasteiger partial charge in [-0.1, -0.05) is 67.2 Å². The molecule has 0 spiro atoms. The first-order valence-electron chi connectivity index (χ1n) is 9.25. The van der Waals surface area contributed by atoms with Crippen molar-refractivity contribution < 1.29 is 18.8 Å². The number of hydrogen-bond acceptors (Lipinski definition) is 4. The molecule has 0 aliphatic carbocycles. The van der Waals surface area contributed by atoms with E-state index in [2.05, 4.69) is 6.58 Å². The average Bonchev–Trinajstić information content (AvgIpc) is 2.75. The fraction of sp³-hybridized carbons (Fsp3) is 0.125. The van der Waals surface area contributed by atoms with E-state index in [-0.39, 0.29) is 11.3 Å². The van der Waals surface area contributed by atoms with Crippen LogP contribution >= 0.6 is 0 Å². The number of nitrogens with zero attached hydrogens (tertiary/aromatic N) is 1. The number of nitro groups is 1. The van der Waals surface area contributed by atoms with Crippen molar-refractivity contribution in [2.24, 2.45) is 0 Å². The van der Waals surface area contributed by atoms with E-state index in [1.165, 1.54) is 24.3 Å². The van der Waals surface area contributed by atoms with Crippen LogP contribution in [0.2, 0.25) is 0 Å². The van der Waals surface area contributed by atoms with Gasteiger partial charge in [0.25, 0.3) is 5.69 Å². The molecule has 2 atom stereocenters. The maximum Gasteiger partial charge on any atom is 0.339 e. The quantitative estimate of drug-likeness (QED) is 0.277. The van der Waals surface area contributed by atoms with Gasteiger partial charge in [0, 0.05) is 12.1 Å². The predicted molar refractivity (Wildman–Crippen MR) is 112 cm³/mol. The summed E-state index contributed by atoms with van der Waals surface area (Å²) >= 11 is 0. The van der Waals surface area contributed by atoms with Crippen molar-refractivity contribution in [1.29, 1.82) is 0 Å². The summed E-state index contributed by atoms with van der Waals surface area (Å²) in [5.74, 6) is -2.33. The van der Waals surface area contributed by atoms with Crippen LogP contribution in [-0.4, -0.2) is 10.9 Å². The number of ether oxygens (including phenoxy) is 1. The van der Waals surface area contributed by atoms with E-state index in [4.69, 9.17) is 4.74 Å². The molecule has 0 aliphatic heterocycles. The summed E-state index contributed by atoms with van der Waals surface area (Å²) in [5, 5.41) is 10.9. The van der Waals surface area contributed by atoms with E-state index in [0.29, 0.717) is 11.1 Å². The number of benzene rings is 3. The number of nitro benzene ring substituents is 1. The Morgan fingerprint density at radius 3 is 2.03 bits per heavy atom. The molecule has 0 saturated heterocycles. The Morgan fingerprint density at radius 2 is 1.53 bits per heavy atom. The van der Waals surface area contributed by atoms with E-state index >= 15 is 0 Å². The number of hydrogen-bond donors (Lipinski definition) is 0. The minimum atomic E-state index is -1.41. The number of esters is 1. The zero-order valence-corrected chi connectivity index (χ0v) is 16.3. The lowest BCUT2D eigenvalue weighted by Gasteiger charge is -2.37. The molecule has 3 aromatic rings. The van der Waals surface area contributed by atoms with Crippen molar-refractivity contribution in [1.82, 2.24) is 0 Å². The first kappa shape index (κ1) is 20.9. The molecule has 30 heavy (non-hydrogen) atoms. The van der Waals surface area contributed by atoms with Gasteiger partial charge in [-0.3, -0.25) is 10.1 Å². The number of carbonyl (C=O) groups is 1. The molecule has 0 saturated carbocycles. The van der Waals surface area contributed by atoms with Crippen LogP contribution in [0, 0.1) is 10.1 Å². The molecular formula is C24H20FNO4. The van der Waals surface area contributed by atoms with Gasteiger partial charge < -0.3 is 4.74 Å². The lowest BCUT2D eigenvalue weighted by molar-refractivity contribution is -0.384. The minimum Gasteiger partial charge on any atom is -0.450 e. The summed E-state index contributed by atoms with van der Waals surface area (Å²) in [4.78, 5) is 23.2. The van der Waals surface area contributed by atoms with E-state index in [9.17, 15) is 19.3 Å². The van der Waals surface area contributed by atoms with Crippen LogP contribution in [0.4, 0.5) is 10.1 Å². The zero-order valence-electron chi connectivity index (χ0n) is 16.3. The fourth-order valence-corrected chi connectivity index (χ4v) is 3.47. The lowest BCUT2D eigenvalue weighted by Crippen LogP contribution is -2.36. The second kappa shape index (κ2) is 8.69. The van der Waals surface area contributed by atoms with E-state index in [0.717, 1.165) is 0 Å². The highest BCUT2D eigenvalue weighted by atomic mass is 19.1. The van der Waals surface area contributed by atoms with Crippen LogP contribution in [0.25, 0.3) is 0 Å². The highest BCUT2D eigenvalue weighted by Crippen LogP contribution is 2.45. The Hall–Kier alpha value is -3.80. The van der Waals surface area contributed by atoms with E-state index < -0.39 is 28.2 Å². The summed E-state index contributed by atoms with van der Waals surface area (Å²) in [7, 11) is 0. The number of carbonyl (C=O) groups excluding carboxylic acids is 1. The molecule has 3 aromatic carbocycles. The van der Waals surface area contributed by atoms with Crippen molar-refractivity contribution in [2.75, 3.05) is 0 Å². The van der Waals surface area contributed by atoms with Crippen LogP contribution in [0.5, 0.6) is 0 Å². The molecule has 0 unspecified atom stereocenters. The SMILES string of the molecule is C=C(F)[C@H](c1ccccc1)[C@](C)(OC(=O)c1ccc([N+](=O)[O-])cc1)c1ccccc1. The van der Waals surface area contributed by atoms with Crippen LogP contribution in [0.15, 0.2) is 97.3 Å². The Morgan fingerprint density at radius 1 is 1.00 bits per heavy atom. The summed E-state index contributed by atoms with van der Waals surface area (Å²) < 4.78 is 20.6. The van der Waals surface area contributed by atoms with E-state index in [1.54, 1.807) is 55.5 Å². The molecular weight excluding hydrogens is 385 g/mol. The Kier molecular flexibility index (Phi) is 6.06. The summed E-state index contributed by atoms with van der Waals surface area (Å²) in [6, 6.07) is 22.8. The fourth-order valence-electron chi connectivity index (χ4n) is 3.47. The number of halogens is 1. The van der Waals surface area contributed by atoms with Crippen molar-refractivity contribution in [3.63, 3.8) is 0 Å². The second-order valence-corrected chi connectivity index (χ2v) is 6.96. The molecule has 0 N–H and O–H groups in total. The highest BCUT2D eigenvalue weighted by molar-refractivity contribution is 5.90. The Labute approximate surface area is 173 Å². The third-order valence-electron chi connectivity index (χ3n) is 4.96. The first-order chi connectivity index (χ1) is 14.3. The second-order valence-electron chi connectivity index (χ2n) is 6.96. The highest BCUT2D eigenvalue weighted by Gasteiger charge is 2.43. The largest absolute Gasteiger partial charge is 0.450 e. The van der Waals surface area contributed by atoms with Crippen LogP contribution < -0.4 is 0 Å². The van der Waals surface area contributed by atoms with Gasteiger partial charge >= 0.3 is 5.97 Å².